The standard InChI is InChI=1S/C21H24N2O6/c1-21(2,3)19-8-12-7-18(29-6-4-5-24)17(26)9-13(12)15-10-16(25)14(11-23(15)19)20(27)22-28/h7,9-11,19,24,26H,4-6,8H2,1-3H3. The minimum absolute atomic E-state index is 0.00913. The van der Waals surface area contributed by atoms with Gasteiger partial charge in [0.15, 0.2) is 16.9 Å². The summed E-state index contributed by atoms with van der Waals surface area (Å²) in [5.41, 5.74) is 1.02. The minimum Gasteiger partial charge on any atom is -0.504 e. The molecule has 1 aliphatic heterocycles. The van der Waals surface area contributed by atoms with Crippen molar-refractivity contribution in [2.24, 2.45) is 10.6 Å². The van der Waals surface area contributed by atoms with Gasteiger partial charge in [0.2, 0.25) is 0 Å². The normalized spacial score (nSPS) is 15.4. The molecule has 0 aliphatic carbocycles. The minimum atomic E-state index is -1.10. The highest BCUT2D eigenvalue weighted by Gasteiger charge is 2.34. The number of phenols is 1. The number of benzene rings is 1. The van der Waals surface area contributed by atoms with Gasteiger partial charge in [-0.2, -0.15) is 0 Å². The topological polar surface area (TPSA) is 118 Å². The van der Waals surface area contributed by atoms with Crippen molar-refractivity contribution < 1.29 is 19.7 Å². The molecule has 2 heterocycles. The summed E-state index contributed by atoms with van der Waals surface area (Å²) in [4.78, 5) is 34.9. The number of aromatic hydroxyl groups is 1. The summed E-state index contributed by atoms with van der Waals surface area (Å²) in [6.07, 6.45) is 2.41. The summed E-state index contributed by atoms with van der Waals surface area (Å²) in [6, 6.07) is 4.48. The zero-order chi connectivity index (χ0) is 21.3. The van der Waals surface area contributed by atoms with Crippen LogP contribution in [0.5, 0.6) is 11.5 Å². The van der Waals surface area contributed by atoms with Crippen molar-refractivity contribution >= 4 is 5.91 Å². The molecule has 3 rings (SSSR count). The predicted octanol–water partition coefficient (Wildman–Crippen LogP) is 3.03. The Morgan fingerprint density at radius 2 is 2.03 bits per heavy atom. The first-order valence-corrected chi connectivity index (χ1v) is 9.41. The highest BCUT2D eigenvalue weighted by Crippen LogP contribution is 2.45. The van der Waals surface area contributed by atoms with Crippen molar-refractivity contribution in [2.75, 3.05) is 13.2 Å². The number of carbonyl (C=O) groups is 1. The number of rotatable bonds is 5. The summed E-state index contributed by atoms with van der Waals surface area (Å²) >= 11 is 0. The second kappa shape index (κ2) is 7.79. The third kappa shape index (κ3) is 3.93. The summed E-state index contributed by atoms with van der Waals surface area (Å²) in [7, 11) is 0. The van der Waals surface area contributed by atoms with Crippen LogP contribution in [0.4, 0.5) is 0 Å². The zero-order valence-electron chi connectivity index (χ0n) is 16.6. The molecule has 0 radical (unpaired) electrons. The first-order valence-electron chi connectivity index (χ1n) is 9.41. The molecular weight excluding hydrogens is 376 g/mol. The third-order valence-electron chi connectivity index (χ3n) is 5.16. The largest absolute Gasteiger partial charge is 0.504 e. The Morgan fingerprint density at radius 1 is 1.31 bits per heavy atom. The zero-order valence-corrected chi connectivity index (χ0v) is 16.6. The van der Waals surface area contributed by atoms with Gasteiger partial charge in [-0.3, -0.25) is 9.59 Å². The fraction of sp³-hybridized carbons (Fsp3) is 0.429. The number of nitroso groups, excluding NO2 is 1. The van der Waals surface area contributed by atoms with Gasteiger partial charge in [0.1, 0.15) is 5.56 Å². The first kappa shape index (κ1) is 20.7. The van der Waals surface area contributed by atoms with E-state index in [1.165, 1.54) is 18.3 Å². The smallest absolute Gasteiger partial charge is 0.322 e. The monoisotopic (exact) mass is 400 g/mol. The maximum atomic E-state index is 12.4. The van der Waals surface area contributed by atoms with Crippen LogP contribution in [0.1, 0.15) is 49.2 Å². The average Bonchev–Trinajstić information content (AvgIpc) is 2.66. The molecule has 0 saturated heterocycles. The van der Waals surface area contributed by atoms with Crippen molar-refractivity contribution in [2.45, 2.75) is 39.7 Å². The van der Waals surface area contributed by atoms with Gasteiger partial charge < -0.3 is 19.5 Å². The van der Waals surface area contributed by atoms with E-state index >= 15 is 0 Å². The van der Waals surface area contributed by atoms with E-state index in [1.54, 1.807) is 6.07 Å². The number of aliphatic hydroxyl groups excluding tert-OH is 1. The number of carbonyl (C=O) groups excluding carboxylic acids is 1. The summed E-state index contributed by atoms with van der Waals surface area (Å²) in [5, 5.41) is 21.7. The van der Waals surface area contributed by atoms with Crippen LogP contribution in [-0.4, -0.2) is 33.9 Å². The quantitative estimate of drug-likeness (QED) is 0.588. The molecule has 0 saturated carbocycles. The van der Waals surface area contributed by atoms with E-state index < -0.39 is 11.3 Å². The van der Waals surface area contributed by atoms with Crippen LogP contribution >= 0.6 is 0 Å². The second-order valence-electron chi connectivity index (χ2n) is 8.23. The van der Waals surface area contributed by atoms with Gasteiger partial charge in [0.05, 0.1) is 12.3 Å². The number of pyridine rings is 1. The van der Waals surface area contributed by atoms with Crippen molar-refractivity contribution in [3.05, 3.63) is 50.7 Å². The lowest BCUT2D eigenvalue weighted by Crippen LogP contribution is -2.32. The molecule has 0 fully saturated rings. The third-order valence-corrected chi connectivity index (χ3v) is 5.16. The molecule has 0 spiro atoms. The number of aromatic nitrogens is 1. The van der Waals surface area contributed by atoms with Gasteiger partial charge in [0.25, 0.3) is 0 Å². The Hall–Kier alpha value is -3.00. The van der Waals surface area contributed by atoms with Gasteiger partial charge in [-0.05, 0) is 29.5 Å². The number of aliphatic hydroxyl groups is 1. The fourth-order valence-electron chi connectivity index (χ4n) is 3.64. The molecule has 154 valence electrons. The van der Waals surface area contributed by atoms with Crippen LogP contribution in [0.25, 0.3) is 11.3 Å². The van der Waals surface area contributed by atoms with Crippen molar-refractivity contribution in [1.29, 1.82) is 0 Å². The fourth-order valence-corrected chi connectivity index (χ4v) is 3.64. The van der Waals surface area contributed by atoms with Gasteiger partial charge in [-0.1, -0.05) is 20.8 Å². The molecule has 1 atom stereocenters. The van der Waals surface area contributed by atoms with Gasteiger partial charge in [-0.15, -0.1) is 4.91 Å². The molecule has 29 heavy (non-hydrogen) atoms. The van der Waals surface area contributed by atoms with E-state index in [2.05, 4.69) is 5.18 Å². The summed E-state index contributed by atoms with van der Waals surface area (Å²) in [6.45, 7) is 6.39. The summed E-state index contributed by atoms with van der Waals surface area (Å²) < 4.78 is 7.38. The molecule has 1 aromatic carbocycles. The molecule has 1 unspecified atom stereocenters. The van der Waals surface area contributed by atoms with Crippen LogP contribution in [-0.2, 0) is 6.42 Å². The Balaban J connectivity index is 2.19. The molecule has 2 aromatic rings. The Kier molecular flexibility index (Phi) is 5.57. The number of amides is 1. The van der Waals surface area contributed by atoms with Crippen molar-refractivity contribution in [3.63, 3.8) is 0 Å². The number of hydrogen-bond acceptors (Lipinski definition) is 6. The van der Waals surface area contributed by atoms with Crippen LogP contribution in [0.15, 0.2) is 34.4 Å². The molecule has 8 nitrogen and oxygen atoms in total. The van der Waals surface area contributed by atoms with E-state index in [4.69, 9.17) is 9.84 Å². The predicted molar refractivity (Wildman–Crippen MR) is 107 cm³/mol. The number of nitrogens with zero attached hydrogens (tertiary/aromatic N) is 2. The lowest BCUT2D eigenvalue weighted by molar-refractivity contribution is 0.0998. The van der Waals surface area contributed by atoms with E-state index in [0.29, 0.717) is 29.8 Å². The highest BCUT2D eigenvalue weighted by molar-refractivity contribution is 5.94. The molecule has 8 heteroatoms. The van der Waals surface area contributed by atoms with E-state index in [-0.39, 0.29) is 36.0 Å². The highest BCUT2D eigenvalue weighted by atomic mass is 16.5. The molecule has 2 N–H and O–H groups in total. The lowest BCUT2D eigenvalue weighted by atomic mass is 9.78. The number of hydrogen-bond donors (Lipinski definition) is 2. The Labute approximate surface area is 167 Å². The van der Waals surface area contributed by atoms with E-state index in [9.17, 15) is 19.6 Å². The van der Waals surface area contributed by atoms with Crippen LogP contribution in [0.2, 0.25) is 0 Å². The molecular formula is C21H24N2O6. The van der Waals surface area contributed by atoms with Crippen LogP contribution < -0.4 is 10.2 Å². The van der Waals surface area contributed by atoms with Crippen molar-refractivity contribution in [1.82, 2.24) is 4.57 Å². The summed E-state index contributed by atoms with van der Waals surface area (Å²) in [5.74, 6) is -0.860. The molecule has 1 aliphatic rings. The number of phenolic OH excluding ortho intramolecular Hbond substituents is 1. The lowest BCUT2D eigenvalue weighted by Gasteiger charge is -2.39. The Bertz CT molecular complexity index is 1020. The van der Waals surface area contributed by atoms with Crippen LogP contribution in [0, 0.1) is 10.3 Å². The molecule has 0 bridgehead atoms. The maximum absolute atomic E-state index is 12.4. The SMILES string of the molecule is CC(C)(C)C1Cc2cc(OCCCO)c(O)cc2-c2cc(=O)c(C(=O)N=O)cn21. The van der Waals surface area contributed by atoms with Gasteiger partial charge in [0, 0.05) is 42.1 Å². The second-order valence-corrected chi connectivity index (χ2v) is 8.23. The van der Waals surface area contributed by atoms with E-state index in [1.807, 2.05) is 25.3 Å². The molecule has 1 amide bonds. The number of fused-ring (bicyclic) bond motifs is 3. The van der Waals surface area contributed by atoms with Crippen LogP contribution in [0.3, 0.4) is 0 Å². The van der Waals surface area contributed by atoms with Gasteiger partial charge in [-0.25, -0.2) is 0 Å². The van der Waals surface area contributed by atoms with E-state index in [0.717, 1.165) is 5.56 Å². The van der Waals surface area contributed by atoms with Crippen molar-refractivity contribution in [3.8, 4) is 22.8 Å². The molecule has 1 aromatic heterocycles. The number of ether oxygens (including phenoxy) is 1. The Morgan fingerprint density at radius 3 is 2.66 bits per heavy atom. The average molecular weight is 400 g/mol. The maximum Gasteiger partial charge on any atom is 0.322 e. The first-order chi connectivity index (χ1) is 13.7. The van der Waals surface area contributed by atoms with Gasteiger partial charge >= 0.3 is 5.91 Å².